The quantitative estimate of drug-likeness (QED) is 0.367. The fourth-order valence-electron chi connectivity index (χ4n) is 4.89. The average Bonchev–Trinajstić information content (AvgIpc) is 3.48. The number of amides is 1. The highest BCUT2D eigenvalue weighted by molar-refractivity contribution is 6.05. The van der Waals surface area contributed by atoms with Crippen LogP contribution in [0.4, 0.5) is 5.69 Å². The standard InChI is InChI=1S/C28H27N3O3/c1-17-7-13-23(18(2)15-17)30-27(32)20-10-8-19(9-11-20)26-29-24-16-21(28(33)34)12-14-25(24)31(26)22-5-3-4-6-22/h7-16,22H,3-6H2,1-2H3,(H,30,32)(H,33,34). The molecule has 6 heteroatoms. The molecule has 0 unspecified atom stereocenters. The van der Waals surface area contributed by atoms with E-state index in [0.29, 0.717) is 17.1 Å². The third-order valence-corrected chi connectivity index (χ3v) is 6.66. The van der Waals surface area contributed by atoms with E-state index in [-0.39, 0.29) is 11.5 Å². The van der Waals surface area contributed by atoms with Crippen molar-refractivity contribution in [3.8, 4) is 11.4 Å². The van der Waals surface area contributed by atoms with Gasteiger partial charge in [-0.2, -0.15) is 0 Å². The van der Waals surface area contributed by atoms with E-state index in [1.807, 2.05) is 62.4 Å². The molecule has 6 nitrogen and oxygen atoms in total. The summed E-state index contributed by atoms with van der Waals surface area (Å²) in [6.45, 7) is 4.01. The van der Waals surface area contributed by atoms with E-state index in [4.69, 9.17) is 4.98 Å². The molecular weight excluding hydrogens is 426 g/mol. The molecule has 1 aliphatic rings. The Morgan fingerprint density at radius 2 is 1.65 bits per heavy atom. The number of nitrogens with zero attached hydrogens (tertiary/aromatic N) is 2. The second kappa shape index (κ2) is 8.78. The maximum Gasteiger partial charge on any atom is 0.335 e. The molecule has 1 aromatic heterocycles. The van der Waals surface area contributed by atoms with Gasteiger partial charge < -0.3 is 15.0 Å². The lowest BCUT2D eigenvalue weighted by Gasteiger charge is -2.17. The fourth-order valence-corrected chi connectivity index (χ4v) is 4.89. The first-order chi connectivity index (χ1) is 16.4. The van der Waals surface area contributed by atoms with Gasteiger partial charge in [-0.05, 0) is 68.7 Å². The minimum atomic E-state index is -0.960. The summed E-state index contributed by atoms with van der Waals surface area (Å²) in [6.07, 6.45) is 4.51. The summed E-state index contributed by atoms with van der Waals surface area (Å²) in [5.41, 5.74) is 6.31. The number of carbonyl (C=O) groups excluding carboxylic acids is 1. The summed E-state index contributed by atoms with van der Waals surface area (Å²) in [7, 11) is 0. The molecule has 0 aliphatic heterocycles. The van der Waals surface area contributed by atoms with Crippen LogP contribution in [0.5, 0.6) is 0 Å². The number of anilines is 1. The Labute approximate surface area is 198 Å². The number of carboxylic acids is 1. The number of hydrogen-bond donors (Lipinski definition) is 2. The Kier molecular flexibility index (Phi) is 5.65. The Morgan fingerprint density at radius 3 is 2.32 bits per heavy atom. The average molecular weight is 454 g/mol. The molecule has 1 aliphatic carbocycles. The highest BCUT2D eigenvalue weighted by Crippen LogP contribution is 2.37. The SMILES string of the molecule is Cc1ccc(NC(=O)c2ccc(-c3nc4cc(C(=O)O)ccc4n3C3CCCC3)cc2)c(C)c1. The van der Waals surface area contributed by atoms with Crippen LogP contribution < -0.4 is 5.32 Å². The third kappa shape index (κ3) is 4.07. The molecule has 1 saturated carbocycles. The highest BCUT2D eigenvalue weighted by Gasteiger charge is 2.24. The van der Waals surface area contributed by atoms with Crippen LogP contribution in [0.25, 0.3) is 22.4 Å². The molecule has 5 rings (SSSR count). The van der Waals surface area contributed by atoms with Crippen LogP contribution in [0.15, 0.2) is 60.7 Å². The zero-order valence-corrected chi connectivity index (χ0v) is 19.3. The lowest BCUT2D eigenvalue weighted by Crippen LogP contribution is -2.13. The van der Waals surface area contributed by atoms with Gasteiger partial charge in [0.2, 0.25) is 0 Å². The number of rotatable bonds is 5. The summed E-state index contributed by atoms with van der Waals surface area (Å²) in [6, 6.07) is 18.9. The van der Waals surface area contributed by atoms with Crippen LogP contribution >= 0.6 is 0 Å². The van der Waals surface area contributed by atoms with Gasteiger partial charge in [0.15, 0.2) is 0 Å². The topological polar surface area (TPSA) is 84.2 Å². The minimum Gasteiger partial charge on any atom is -0.478 e. The fraction of sp³-hybridized carbons (Fsp3) is 0.250. The molecular formula is C28H27N3O3. The molecule has 4 aromatic rings. The van der Waals surface area contributed by atoms with E-state index in [1.165, 1.54) is 12.8 Å². The zero-order chi connectivity index (χ0) is 23.8. The molecule has 0 spiro atoms. The van der Waals surface area contributed by atoms with Crippen molar-refractivity contribution in [3.63, 3.8) is 0 Å². The number of aromatic carboxylic acids is 1. The van der Waals surface area contributed by atoms with Crippen molar-refractivity contribution in [1.82, 2.24) is 9.55 Å². The molecule has 0 saturated heterocycles. The predicted octanol–water partition coefficient (Wildman–Crippen LogP) is 6.39. The summed E-state index contributed by atoms with van der Waals surface area (Å²) < 4.78 is 2.25. The van der Waals surface area contributed by atoms with Gasteiger partial charge in [-0.25, -0.2) is 9.78 Å². The number of carboxylic acid groups (broad SMARTS) is 1. The van der Waals surface area contributed by atoms with Crippen molar-refractivity contribution in [3.05, 3.63) is 82.9 Å². The first-order valence-corrected chi connectivity index (χ1v) is 11.6. The molecule has 0 radical (unpaired) electrons. The molecule has 3 aromatic carbocycles. The molecule has 0 bridgehead atoms. The second-order valence-corrected chi connectivity index (χ2v) is 9.10. The van der Waals surface area contributed by atoms with Gasteiger partial charge in [0.1, 0.15) is 5.82 Å². The first kappa shape index (κ1) is 21.9. The van der Waals surface area contributed by atoms with Crippen molar-refractivity contribution in [2.24, 2.45) is 0 Å². The molecule has 34 heavy (non-hydrogen) atoms. The number of nitrogens with one attached hydrogen (secondary N) is 1. The van der Waals surface area contributed by atoms with Crippen molar-refractivity contribution in [2.75, 3.05) is 5.32 Å². The van der Waals surface area contributed by atoms with Gasteiger partial charge in [0.05, 0.1) is 16.6 Å². The van der Waals surface area contributed by atoms with Gasteiger partial charge in [-0.1, -0.05) is 42.7 Å². The van der Waals surface area contributed by atoms with E-state index < -0.39 is 5.97 Å². The number of benzene rings is 3. The predicted molar refractivity (Wildman–Crippen MR) is 134 cm³/mol. The van der Waals surface area contributed by atoms with E-state index in [1.54, 1.807) is 12.1 Å². The van der Waals surface area contributed by atoms with E-state index in [0.717, 1.165) is 46.6 Å². The van der Waals surface area contributed by atoms with Crippen LogP contribution in [-0.2, 0) is 0 Å². The van der Waals surface area contributed by atoms with Gasteiger partial charge in [0.25, 0.3) is 5.91 Å². The Bertz CT molecular complexity index is 1400. The second-order valence-electron chi connectivity index (χ2n) is 9.10. The smallest absolute Gasteiger partial charge is 0.335 e. The molecule has 1 heterocycles. The Balaban J connectivity index is 1.49. The summed E-state index contributed by atoms with van der Waals surface area (Å²) >= 11 is 0. The van der Waals surface area contributed by atoms with Crippen LogP contribution in [0.1, 0.15) is 63.6 Å². The minimum absolute atomic E-state index is 0.158. The summed E-state index contributed by atoms with van der Waals surface area (Å²) in [5.74, 6) is -0.308. The molecule has 2 N–H and O–H groups in total. The first-order valence-electron chi connectivity index (χ1n) is 11.6. The van der Waals surface area contributed by atoms with Gasteiger partial charge in [-0.15, -0.1) is 0 Å². The van der Waals surface area contributed by atoms with Crippen LogP contribution in [0, 0.1) is 13.8 Å². The van der Waals surface area contributed by atoms with E-state index in [9.17, 15) is 14.7 Å². The number of hydrogen-bond acceptors (Lipinski definition) is 3. The van der Waals surface area contributed by atoms with Gasteiger partial charge in [0, 0.05) is 22.9 Å². The summed E-state index contributed by atoms with van der Waals surface area (Å²) in [4.78, 5) is 29.1. The molecule has 0 atom stereocenters. The largest absolute Gasteiger partial charge is 0.478 e. The zero-order valence-electron chi connectivity index (χ0n) is 19.3. The van der Waals surface area contributed by atoms with Crippen molar-refractivity contribution >= 4 is 28.6 Å². The molecule has 172 valence electrons. The Morgan fingerprint density at radius 1 is 0.941 bits per heavy atom. The number of imidazole rings is 1. The van der Waals surface area contributed by atoms with Crippen LogP contribution in [0.3, 0.4) is 0 Å². The number of fused-ring (bicyclic) bond motifs is 1. The Hall–Kier alpha value is -3.93. The van der Waals surface area contributed by atoms with Crippen LogP contribution in [0.2, 0.25) is 0 Å². The van der Waals surface area contributed by atoms with Crippen LogP contribution in [-0.4, -0.2) is 26.5 Å². The van der Waals surface area contributed by atoms with E-state index in [2.05, 4.69) is 9.88 Å². The lowest BCUT2D eigenvalue weighted by molar-refractivity contribution is 0.0696. The highest BCUT2D eigenvalue weighted by atomic mass is 16.4. The number of aromatic nitrogens is 2. The normalized spacial score (nSPS) is 13.9. The maximum absolute atomic E-state index is 12.8. The van der Waals surface area contributed by atoms with Crippen molar-refractivity contribution in [2.45, 2.75) is 45.6 Å². The molecule has 1 fully saturated rings. The van der Waals surface area contributed by atoms with Crippen molar-refractivity contribution < 1.29 is 14.7 Å². The third-order valence-electron chi connectivity index (χ3n) is 6.66. The van der Waals surface area contributed by atoms with Gasteiger partial charge >= 0.3 is 5.97 Å². The maximum atomic E-state index is 12.8. The summed E-state index contributed by atoms with van der Waals surface area (Å²) in [5, 5.41) is 12.4. The number of carbonyl (C=O) groups is 2. The van der Waals surface area contributed by atoms with E-state index >= 15 is 0 Å². The number of aryl methyl sites for hydroxylation is 2. The van der Waals surface area contributed by atoms with Crippen molar-refractivity contribution in [1.29, 1.82) is 0 Å². The van der Waals surface area contributed by atoms with Gasteiger partial charge in [-0.3, -0.25) is 4.79 Å². The monoisotopic (exact) mass is 453 g/mol. The lowest BCUT2D eigenvalue weighted by atomic mass is 10.1. The molecule has 1 amide bonds.